The predicted octanol–water partition coefficient (Wildman–Crippen LogP) is 1.02. The molecule has 0 aliphatic rings. The number of ether oxygens (including phenoxy) is 1. The minimum absolute atomic E-state index is 0.123. The van der Waals surface area contributed by atoms with Crippen molar-refractivity contribution in [2.75, 3.05) is 12.3 Å². The maximum absolute atomic E-state index is 10.2. The highest BCUT2D eigenvalue weighted by atomic mass is 16.5. The minimum Gasteiger partial charge on any atom is -0.466 e. The first kappa shape index (κ1) is 12.3. The second kappa shape index (κ2) is 7.97. The molecule has 1 aromatic heterocycles. The van der Waals surface area contributed by atoms with Gasteiger partial charge in [-0.2, -0.15) is 0 Å². The molecule has 1 heterocycles. The Balaban J connectivity index is 0.000000241. The molecule has 0 amide bonds. The minimum atomic E-state index is -0.123. The first-order valence-corrected chi connectivity index (χ1v) is 4.38. The van der Waals surface area contributed by atoms with Crippen molar-refractivity contribution in [3.05, 3.63) is 18.5 Å². The summed E-state index contributed by atoms with van der Waals surface area (Å²) in [6.45, 7) is 4.07. The summed E-state index contributed by atoms with van der Waals surface area (Å²) >= 11 is 0. The van der Waals surface area contributed by atoms with Crippen molar-refractivity contribution in [2.24, 2.45) is 0 Å². The quantitative estimate of drug-likeness (QED) is 0.716. The molecular formula is C9H15N3O2. The fourth-order valence-electron chi connectivity index (χ4n) is 0.574. The molecule has 5 nitrogen and oxygen atoms in total. The topological polar surface area (TPSA) is 78.1 Å². The molecule has 0 saturated heterocycles. The number of esters is 1. The Hall–Kier alpha value is -1.65. The highest BCUT2D eigenvalue weighted by Gasteiger charge is 1.91. The van der Waals surface area contributed by atoms with Crippen LogP contribution < -0.4 is 5.73 Å². The van der Waals surface area contributed by atoms with Gasteiger partial charge < -0.3 is 10.5 Å². The second-order valence-electron chi connectivity index (χ2n) is 2.27. The number of carbonyl (C=O) groups is 1. The van der Waals surface area contributed by atoms with Gasteiger partial charge in [0, 0.05) is 18.8 Å². The van der Waals surface area contributed by atoms with E-state index in [2.05, 4.69) is 14.7 Å². The van der Waals surface area contributed by atoms with Crippen LogP contribution in [-0.2, 0) is 9.53 Å². The third-order valence-electron chi connectivity index (χ3n) is 1.18. The number of nitrogens with two attached hydrogens (primary N) is 1. The fourth-order valence-corrected chi connectivity index (χ4v) is 0.574. The standard InChI is InChI=1S/C5H10O2.C4H5N3/c1-3-5(6)7-4-2;5-4-6-2-1-3-7-4/h3-4H2,1-2H3;1-3H,(H2,5,6,7). The van der Waals surface area contributed by atoms with Crippen molar-refractivity contribution in [2.45, 2.75) is 20.3 Å². The maximum atomic E-state index is 10.2. The van der Waals surface area contributed by atoms with Crippen LogP contribution in [0.3, 0.4) is 0 Å². The third kappa shape index (κ3) is 7.02. The first-order valence-electron chi connectivity index (χ1n) is 4.38. The van der Waals surface area contributed by atoms with Crippen LogP contribution >= 0.6 is 0 Å². The van der Waals surface area contributed by atoms with Gasteiger partial charge in [-0.25, -0.2) is 9.97 Å². The van der Waals surface area contributed by atoms with E-state index in [0.29, 0.717) is 19.0 Å². The Labute approximate surface area is 83.3 Å². The molecule has 0 aromatic carbocycles. The normalized spacial score (nSPS) is 8.43. The van der Waals surface area contributed by atoms with Gasteiger partial charge in [0.2, 0.25) is 5.95 Å². The summed E-state index contributed by atoms with van der Waals surface area (Å²) in [7, 11) is 0. The summed E-state index contributed by atoms with van der Waals surface area (Å²) in [5.74, 6) is 0.199. The van der Waals surface area contributed by atoms with Crippen LogP contribution in [0.25, 0.3) is 0 Å². The van der Waals surface area contributed by atoms with Gasteiger partial charge in [0.25, 0.3) is 0 Å². The van der Waals surface area contributed by atoms with E-state index in [1.54, 1.807) is 32.3 Å². The lowest BCUT2D eigenvalue weighted by atomic mass is 10.5. The van der Waals surface area contributed by atoms with E-state index in [1.807, 2.05) is 0 Å². The van der Waals surface area contributed by atoms with Crippen molar-refractivity contribution >= 4 is 11.9 Å². The molecule has 0 radical (unpaired) electrons. The summed E-state index contributed by atoms with van der Waals surface area (Å²) < 4.78 is 4.55. The monoisotopic (exact) mass is 197 g/mol. The van der Waals surface area contributed by atoms with E-state index in [1.165, 1.54) is 0 Å². The Bertz CT molecular complexity index is 251. The van der Waals surface area contributed by atoms with E-state index in [-0.39, 0.29) is 5.97 Å². The highest BCUT2D eigenvalue weighted by molar-refractivity contribution is 5.68. The first-order chi connectivity index (χ1) is 6.70. The Morgan fingerprint density at radius 3 is 2.21 bits per heavy atom. The smallest absolute Gasteiger partial charge is 0.305 e. The van der Waals surface area contributed by atoms with E-state index < -0.39 is 0 Å². The highest BCUT2D eigenvalue weighted by Crippen LogP contribution is 1.82. The molecule has 14 heavy (non-hydrogen) atoms. The third-order valence-corrected chi connectivity index (χ3v) is 1.18. The maximum Gasteiger partial charge on any atom is 0.305 e. The van der Waals surface area contributed by atoms with Gasteiger partial charge in [-0.05, 0) is 13.0 Å². The molecule has 0 saturated carbocycles. The number of rotatable bonds is 2. The van der Waals surface area contributed by atoms with Gasteiger partial charge >= 0.3 is 5.97 Å². The van der Waals surface area contributed by atoms with Crippen LogP contribution in [-0.4, -0.2) is 22.5 Å². The summed E-state index contributed by atoms with van der Waals surface area (Å²) in [4.78, 5) is 17.5. The summed E-state index contributed by atoms with van der Waals surface area (Å²) in [6.07, 6.45) is 3.68. The van der Waals surface area contributed by atoms with Gasteiger partial charge in [-0.15, -0.1) is 0 Å². The number of hydrogen-bond acceptors (Lipinski definition) is 5. The van der Waals surface area contributed by atoms with Gasteiger partial charge in [-0.1, -0.05) is 6.92 Å². The number of aromatic nitrogens is 2. The SMILES string of the molecule is CCOC(=O)CC.Nc1ncccn1. The van der Waals surface area contributed by atoms with Crippen LogP contribution in [0.2, 0.25) is 0 Å². The molecule has 1 rings (SSSR count). The molecule has 0 spiro atoms. The number of nitrogen functional groups attached to an aromatic ring is 1. The van der Waals surface area contributed by atoms with E-state index in [9.17, 15) is 4.79 Å². The molecule has 1 aromatic rings. The van der Waals surface area contributed by atoms with E-state index in [0.717, 1.165) is 0 Å². The lowest BCUT2D eigenvalue weighted by molar-refractivity contribution is -0.142. The van der Waals surface area contributed by atoms with Crippen LogP contribution in [0, 0.1) is 0 Å². The number of hydrogen-bond donors (Lipinski definition) is 1. The largest absolute Gasteiger partial charge is 0.466 e. The van der Waals surface area contributed by atoms with E-state index in [4.69, 9.17) is 5.73 Å². The number of carbonyl (C=O) groups excluding carboxylic acids is 1. The Morgan fingerprint density at radius 1 is 1.43 bits per heavy atom. The molecule has 2 N–H and O–H groups in total. The van der Waals surface area contributed by atoms with Crippen molar-refractivity contribution in [1.82, 2.24) is 9.97 Å². The number of nitrogens with zero attached hydrogens (tertiary/aromatic N) is 2. The number of anilines is 1. The van der Waals surface area contributed by atoms with Crippen LogP contribution in [0.1, 0.15) is 20.3 Å². The molecule has 0 atom stereocenters. The zero-order valence-electron chi connectivity index (χ0n) is 8.43. The average molecular weight is 197 g/mol. The van der Waals surface area contributed by atoms with Gasteiger partial charge in [0.1, 0.15) is 0 Å². The predicted molar refractivity (Wildman–Crippen MR) is 53.4 cm³/mol. The van der Waals surface area contributed by atoms with Crippen molar-refractivity contribution in [1.29, 1.82) is 0 Å². The Morgan fingerprint density at radius 2 is 2.00 bits per heavy atom. The molecule has 0 aliphatic carbocycles. The molecule has 78 valence electrons. The van der Waals surface area contributed by atoms with E-state index >= 15 is 0 Å². The van der Waals surface area contributed by atoms with Crippen LogP contribution in [0.5, 0.6) is 0 Å². The molecule has 5 heteroatoms. The summed E-state index contributed by atoms with van der Waals surface area (Å²) in [5, 5.41) is 0. The lowest BCUT2D eigenvalue weighted by Gasteiger charge is -1.93. The van der Waals surface area contributed by atoms with Crippen molar-refractivity contribution in [3.8, 4) is 0 Å². The zero-order valence-corrected chi connectivity index (χ0v) is 8.43. The summed E-state index contributed by atoms with van der Waals surface area (Å²) in [6, 6.07) is 1.72. The molecular weight excluding hydrogens is 182 g/mol. The molecule has 0 unspecified atom stereocenters. The summed E-state index contributed by atoms with van der Waals surface area (Å²) in [5.41, 5.74) is 5.14. The lowest BCUT2D eigenvalue weighted by Crippen LogP contribution is -2.00. The van der Waals surface area contributed by atoms with Crippen LogP contribution in [0.4, 0.5) is 5.95 Å². The fraction of sp³-hybridized carbons (Fsp3) is 0.444. The van der Waals surface area contributed by atoms with Gasteiger partial charge in [-0.3, -0.25) is 4.79 Å². The Kier molecular flexibility index (Phi) is 7.03. The molecule has 0 aliphatic heterocycles. The van der Waals surface area contributed by atoms with Crippen molar-refractivity contribution < 1.29 is 9.53 Å². The molecule has 0 bridgehead atoms. The zero-order chi connectivity index (χ0) is 10.8. The van der Waals surface area contributed by atoms with Crippen LogP contribution in [0.15, 0.2) is 18.5 Å². The second-order valence-corrected chi connectivity index (χ2v) is 2.27. The van der Waals surface area contributed by atoms with Gasteiger partial charge in [0.15, 0.2) is 0 Å². The molecule has 0 fully saturated rings. The van der Waals surface area contributed by atoms with Gasteiger partial charge in [0.05, 0.1) is 6.61 Å². The average Bonchev–Trinajstić information content (AvgIpc) is 2.20. The van der Waals surface area contributed by atoms with Crippen molar-refractivity contribution in [3.63, 3.8) is 0 Å².